The Bertz CT molecular complexity index is 759. The number of carbonyl (C=O) groups excluding carboxylic acids is 2. The van der Waals surface area contributed by atoms with Crippen molar-refractivity contribution in [3.8, 4) is 5.75 Å². The largest absolute Gasteiger partial charge is 0.497 e. The van der Waals surface area contributed by atoms with Crippen LogP contribution in [-0.2, 0) is 16.1 Å². The van der Waals surface area contributed by atoms with Gasteiger partial charge >= 0.3 is 0 Å². The third-order valence-electron chi connectivity index (χ3n) is 4.23. The van der Waals surface area contributed by atoms with E-state index in [0.717, 1.165) is 5.56 Å². The highest BCUT2D eigenvalue weighted by molar-refractivity contribution is 5.97. The monoisotopic (exact) mass is 342 g/mol. The van der Waals surface area contributed by atoms with Crippen LogP contribution in [0.25, 0.3) is 0 Å². The van der Waals surface area contributed by atoms with Crippen molar-refractivity contribution >= 4 is 17.5 Å². The number of likely N-dealkylation sites (tertiary alicyclic amines) is 1. The number of nitrogens with one attached hydrogen (secondary N) is 1. The number of methoxy groups -OCH3 is 1. The maximum absolute atomic E-state index is 13.0. The number of halogens is 1. The Morgan fingerprint density at radius 1 is 1.20 bits per heavy atom. The number of hydrogen-bond acceptors (Lipinski definition) is 3. The van der Waals surface area contributed by atoms with Crippen LogP contribution in [0.1, 0.15) is 12.0 Å². The first kappa shape index (κ1) is 17.0. The van der Waals surface area contributed by atoms with Gasteiger partial charge in [-0.2, -0.15) is 0 Å². The summed E-state index contributed by atoms with van der Waals surface area (Å²) in [5.74, 6) is -0.248. The molecule has 1 fully saturated rings. The van der Waals surface area contributed by atoms with Crippen LogP contribution in [0.15, 0.2) is 48.5 Å². The van der Waals surface area contributed by atoms with Crippen molar-refractivity contribution in [1.82, 2.24) is 4.90 Å². The summed E-state index contributed by atoms with van der Waals surface area (Å²) in [6.45, 7) is 0.740. The summed E-state index contributed by atoms with van der Waals surface area (Å²) in [5, 5.41) is 2.82. The van der Waals surface area contributed by atoms with Gasteiger partial charge in [0, 0.05) is 25.2 Å². The maximum Gasteiger partial charge on any atom is 0.229 e. The van der Waals surface area contributed by atoms with Gasteiger partial charge in [-0.3, -0.25) is 9.59 Å². The highest BCUT2D eigenvalue weighted by Gasteiger charge is 2.34. The summed E-state index contributed by atoms with van der Waals surface area (Å²) in [5.41, 5.74) is 1.50. The van der Waals surface area contributed by atoms with Gasteiger partial charge in [-0.15, -0.1) is 0 Å². The highest BCUT2D eigenvalue weighted by atomic mass is 19.1. The average molecular weight is 342 g/mol. The van der Waals surface area contributed by atoms with Gasteiger partial charge in [0.2, 0.25) is 11.8 Å². The molecule has 5 nitrogen and oxygen atoms in total. The topological polar surface area (TPSA) is 58.6 Å². The van der Waals surface area contributed by atoms with Gasteiger partial charge in [0.05, 0.1) is 13.0 Å². The Kier molecular flexibility index (Phi) is 4.97. The molecule has 0 bridgehead atoms. The normalized spacial score (nSPS) is 16.8. The molecule has 2 aromatic carbocycles. The molecule has 0 spiro atoms. The van der Waals surface area contributed by atoms with Crippen molar-refractivity contribution in [3.05, 3.63) is 59.9 Å². The van der Waals surface area contributed by atoms with E-state index in [1.165, 1.54) is 12.1 Å². The van der Waals surface area contributed by atoms with Gasteiger partial charge in [0.15, 0.2) is 0 Å². The standard InChI is InChI=1S/C19H19FN2O3/c1-25-17-8-6-16(7-9-17)21-19(24)14-10-18(23)22(12-14)11-13-2-4-15(20)5-3-13/h2-9,14H,10-12H2,1H3,(H,21,24). The van der Waals surface area contributed by atoms with Crippen LogP contribution >= 0.6 is 0 Å². The minimum Gasteiger partial charge on any atom is -0.497 e. The minimum atomic E-state index is -0.393. The van der Waals surface area contributed by atoms with E-state index < -0.39 is 5.92 Å². The molecular weight excluding hydrogens is 323 g/mol. The zero-order chi connectivity index (χ0) is 17.8. The number of anilines is 1. The van der Waals surface area contributed by atoms with Crippen LogP contribution in [0.3, 0.4) is 0 Å². The molecule has 1 aliphatic heterocycles. The lowest BCUT2D eigenvalue weighted by molar-refractivity contribution is -0.128. The van der Waals surface area contributed by atoms with Gasteiger partial charge in [-0.1, -0.05) is 12.1 Å². The summed E-state index contributed by atoms with van der Waals surface area (Å²) >= 11 is 0. The second kappa shape index (κ2) is 7.34. The van der Waals surface area contributed by atoms with Crippen LogP contribution in [0.4, 0.5) is 10.1 Å². The Morgan fingerprint density at radius 2 is 1.88 bits per heavy atom. The van der Waals surface area contributed by atoms with Crippen molar-refractivity contribution in [2.75, 3.05) is 19.0 Å². The molecule has 1 atom stereocenters. The molecule has 2 amide bonds. The third-order valence-corrected chi connectivity index (χ3v) is 4.23. The molecule has 0 aromatic heterocycles. The van der Waals surface area contributed by atoms with E-state index in [1.807, 2.05) is 0 Å². The van der Waals surface area contributed by atoms with Gasteiger partial charge in [0.1, 0.15) is 11.6 Å². The fourth-order valence-corrected chi connectivity index (χ4v) is 2.83. The first-order valence-corrected chi connectivity index (χ1v) is 8.02. The van der Waals surface area contributed by atoms with Gasteiger partial charge in [-0.05, 0) is 42.0 Å². The molecule has 1 heterocycles. The maximum atomic E-state index is 13.0. The lowest BCUT2D eigenvalue weighted by atomic mass is 10.1. The summed E-state index contributed by atoms with van der Waals surface area (Å²) < 4.78 is 18.0. The van der Waals surface area contributed by atoms with E-state index in [4.69, 9.17) is 4.74 Å². The Hall–Kier alpha value is -2.89. The smallest absolute Gasteiger partial charge is 0.229 e. The van der Waals surface area contributed by atoms with E-state index in [9.17, 15) is 14.0 Å². The van der Waals surface area contributed by atoms with E-state index >= 15 is 0 Å². The second-order valence-corrected chi connectivity index (χ2v) is 6.02. The molecule has 0 aliphatic carbocycles. The van der Waals surface area contributed by atoms with E-state index in [-0.39, 0.29) is 24.1 Å². The van der Waals surface area contributed by atoms with Crippen LogP contribution < -0.4 is 10.1 Å². The number of rotatable bonds is 5. The van der Waals surface area contributed by atoms with Crippen LogP contribution in [0.2, 0.25) is 0 Å². The predicted octanol–water partition coefficient (Wildman–Crippen LogP) is 2.82. The molecule has 25 heavy (non-hydrogen) atoms. The number of benzene rings is 2. The second-order valence-electron chi connectivity index (χ2n) is 6.02. The molecular formula is C19H19FN2O3. The van der Waals surface area contributed by atoms with Crippen LogP contribution in [-0.4, -0.2) is 30.4 Å². The summed E-state index contributed by atoms with van der Waals surface area (Å²) in [4.78, 5) is 26.2. The lowest BCUT2D eigenvalue weighted by Gasteiger charge is -2.16. The zero-order valence-corrected chi connectivity index (χ0v) is 13.9. The van der Waals surface area contributed by atoms with E-state index in [2.05, 4.69) is 5.32 Å². The van der Waals surface area contributed by atoms with Gasteiger partial charge < -0.3 is 15.0 Å². The quantitative estimate of drug-likeness (QED) is 0.909. The molecule has 1 N–H and O–H groups in total. The van der Waals surface area contributed by atoms with Crippen molar-refractivity contribution in [1.29, 1.82) is 0 Å². The number of nitrogens with zero attached hydrogens (tertiary/aromatic N) is 1. The van der Waals surface area contributed by atoms with Crippen molar-refractivity contribution < 1.29 is 18.7 Å². The van der Waals surface area contributed by atoms with Gasteiger partial charge in [-0.25, -0.2) is 4.39 Å². The molecule has 0 saturated carbocycles. The molecule has 0 radical (unpaired) electrons. The SMILES string of the molecule is COc1ccc(NC(=O)C2CC(=O)N(Cc3ccc(F)cc3)C2)cc1. The Labute approximate surface area is 145 Å². The number of carbonyl (C=O) groups is 2. The van der Waals surface area contributed by atoms with Crippen molar-refractivity contribution in [2.24, 2.45) is 5.92 Å². The van der Waals surface area contributed by atoms with Crippen LogP contribution in [0.5, 0.6) is 5.75 Å². The summed E-state index contributed by atoms with van der Waals surface area (Å²) in [6, 6.07) is 13.0. The van der Waals surface area contributed by atoms with Crippen molar-refractivity contribution in [3.63, 3.8) is 0 Å². The Morgan fingerprint density at radius 3 is 2.52 bits per heavy atom. The fraction of sp³-hybridized carbons (Fsp3) is 0.263. The molecule has 3 rings (SSSR count). The van der Waals surface area contributed by atoms with Crippen molar-refractivity contribution in [2.45, 2.75) is 13.0 Å². The third kappa shape index (κ3) is 4.15. The zero-order valence-electron chi connectivity index (χ0n) is 13.9. The molecule has 1 saturated heterocycles. The molecule has 1 aliphatic rings. The number of amides is 2. The highest BCUT2D eigenvalue weighted by Crippen LogP contribution is 2.23. The lowest BCUT2D eigenvalue weighted by Crippen LogP contribution is -2.28. The fourth-order valence-electron chi connectivity index (χ4n) is 2.83. The molecule has 1 unspecified atom stereocenters. The summed E-state index contributed by atoms with van der Waals surface area (Å²) in [6.07, 6.45) is 0.184. The molecule has 2 aromatic rings. The van der Waals surface area contributed by atoms with E-state index in [1.54, 1.807) is 48.4 Å². The average Bonchev–Trinajstić information content (AvgIpc) is 2.98. The molecule has 6 heteroatoms. The predicted molar refractivity (Wildman–Crippen MR) is 91.5 cm³/mol. The number of hydrogen-bond donors (Lipinski definition) is 1. The minimum absolute atomic E-state index is 0.0702. The van der Waals surface area contributed by atoms with Gasteiger partial charge in [0.25, 0.3) is 0 Å². The number of ether oxygens (including phenoxy) is 1. The molecule has 130 valence electrons. The van der Waals surface area contributed by atoms with E-state index in [0.29, 0.717) is 24.5 Å². The first-order chi connectivity index (χ1) is 12.0. The Balaban J connectivity index is 1.59. The summed E-state index contributed by atoms with van der Waals surface area (Å²) in [7, 11) is 1.58. The van der Waals surface area contributed by atoms with Crippen LogP contribution in [0, 0.1) is 11.7 Å². The first-order valence-electron chi connectivity index (χ1n) is 8.02.